The van der Waals surface area contributed by atoms with Crippen LogP contribution in [0, 0.1) is 0 Å². The predicted octanol–water partition coefficient (Wildman–Crippen LogP) is 3.34. The number of carbonyl (C=O) groups is 3. The molecule has 186 valence electrons. The van der Waals surface area contributed by atoms with Gasteiger partial charge >= 0.3 is 6.61 Å². The molecule has 1 N–H and O–H groups in total. The van der Waals surface area contributed by atoms with Gasteiger partial charge in [0.15, 0.2) is 11.5 Å². The second-order valence-corrected chi connectivity index (χ2v) is 8.63. The van der Waals surface area contributed by atoms with E-state index in [-0.39, 0.29) is 42.2 Å². The van der Waals surface area contributed by atoms with E-state index in [4.69, 9.17) is 4.74 Å². The van der Waals surface area contributed by atoms with Gasteiger partial charge in [-0.25, -0.2) is 0 Å². The van der Waals surface area contributed by atoms with E-state index >= 15 is 0 Å². The third-order valence-corrected chi connectivity index (χ3v) is 6.49. The van der Waals surface area contributed by atoms with E-state index in [1.807, 2.05) is 6.92 Å². The summed E-state index contributed by atoms with van der Waals surface area (Å²) in [6.07, 6.45) is 1.37. The Morgan fingerprint density at radius 1 is 1.17 bits per heavy atom. The number of rotatable bonds is 9. The molecule has 0 aliphatic carbocycles. The summed E-state index contributed by atoms with van der Waals surface area (Å²) in [4.78, 5) is 41.7. The summed E-state index contributed by atoms with van der Waals surface area (Å²) in [5, 5.41) is 2.82. The fourth-order valence-electron chi connectivity index (χ4n) is 4.75. The zero-order valence-electron chi connectivity index (χ0n) is 19.6. The Bertz CT molecular complexity index is 1140. The summed E-state index contributed by atoms with van der Waals surface area (Å²) in [5.41, 5.74) is 1.04. The lowest BCUT2D eigenvalue weighted by Gasteiger charge is -2.48. The number of hydrogen-bond acceptors (Lipinski definition) is 5. The number of alkyl halides is 2. The molecule has 2 aliphatic rings. The molecule has 35 heavy (non-hydrogen) atoms. The normalized spacial score (nSPS) is 19.0. The van der Waals surface area contributed by atoms with Crippen molar-refractivity contribution in [2.24, 2.45) is 0 Å². The lowest BCUT2D eigenvalue weighted by molar-refractivity contribution is -0.121. The number of carbonyl (C=O) groups excluding carboxylic acids is 3. The Kier molecular flexibility index (Phi) is 6.90. The highest BCUT2D eigenvalue weighted by molar-refractivity contribution is 6.10. The van der Waals surface area contributed by atoms with Crippen LogP contribution in [0.3, 0.4) is 0 Å². The highest BCUT2D eigenvalue weighted by atomic mass is 19.3. The minimum atomic E-state index is -2.95. The number of methoxy groups -OCH3 is 1. The van der Waals surface area contributed by atoms with Gasteiger partial charge in [0, 0.05) is 25.9 Å². The highest BCUT2D eigenvalue weighted by Crippen LogP contribution is 2.43. The van der Waals surface area contributed by atoms with Crippen LogP contribution in [0.4, 0.5) is 14.5 Å². The van der Waals surface area contributed by atoms with Crippen LogP contribution in [0.1, 0.15) is 42.1 Å². The maximum Gasteiger partial charge on any atom is 0.387 e. The molecule has 0 unspecified atom stereocenters. The molecule has 0 bridgehead atoms. The Labute approximate surface area is 201 Å². The summed E-state index contributed by atoms with van der Waals surface area (Å²) in [6, 6.07) is 11.6. The van der Waals surface area contributed by atoms with E-state index in [1.54, 1.807) is 46.2 Å². The lowest BCUT2D eigenvalue weighted by Crippen LogP contribution is -2.62. The van der Waals surface area contributed by atoms with Crippen molar-refractivity contribution >= 4 is 23.4 Å². The largest absolute Gasteiger partial charge is 0.493 e. The molecule has 0 radical (unpaired) electrons. The van der Waals surface area contributed by atoms with Crippen LogP contribution in [0.5, 0.6) is 11.5 Å². The molecular weight excluding hydrogens is 460 g/mol. The van der Waals surface area contributed by atoms with E-state index in [1.165, 1.54) is 13.2 Å². The van der Waals surface area contributed by atoms with E-state index < -0.39 is 12.3 Å². The lowest BCUT2D eigenvalue weighted by atomic mass is 9.98. The quantitative estimate of drug-likeness (QED) is 0.586. The number of benzene rings is 2. The first-order valence-electron chi connectivity index (χ1n) is 11.4. The summed E-state index contributed by atoms with van der Waals surface area (Å²) >= 11 is 0. The van der Waals surface area contributed by atoms with Crippen molar-refractivity contribution in [2.75, 3.05) is 25.1 Å². The number of amides is 3. The molecule has 2 aliphatic heterocycles. The van der Waals surface area contributed by atoms with Crippen molar-refractivity contribution < 1.29 is 32.6 Å². The van der Waals surface area contributed by atoms with Crippen molar-refractivity contribution in [1.29, 1.82) is 0 Å². The molecule has 10 heteroatoms. The maximum absolute atomic E-state index is 13.2. The second kappa shape index (κ2) is 9.89. The van der Waals surface area contributed by atoms with Crippen LogP contribution in [0.2, 0.25) is 0 Å². The summed E-state index contributed by atoms with van der Waals surface area (Å²) in [6.45, 7) is -0.605. The third-order valence-electron chi connectivity index (χ3n) is 6.49. The summed E-state index contributed by atoms with van der Waals surface area (Å²) < 4.78 is 34.5. The van der Waals surface area contributed by atoms with Crippen LogP contribution in [0.15, 0.2) is 42.5 Å². The zero-order valence-corrected chi connectivity index (χ0v) is 19.6. The molecule has 1 fully saturated rings. The minimum Gasteiger partial charge on any atom is -0.493 e. The average Bonchev–Trinajstić information content (AvgIpc) is 3.14. The molecule has 1 saturated heterocycles. The molecule has 0 aromatic heterocycles. The predicted molar refractivity (Wildman–Crippen MR) is 124 cm³/mol. The smallest absolute Gasteiger partial charge is 0.387 e. The zero-order chi connectivity index (χ0) is 25.2. The standard InChI is InChI=1S/C25H27F2N3O5/c1-25-12-9-22(32)30(25)18-6-4-3-5-17(18)23(33)29(25)14-11-21(31)28-13-10-16-7-8-19(35-24(26)27)20(15-16)34-2/h3-8,15,24H,9-14H2,1-2H3,(H,28,31)/t25-/m0/s1. The van der Waals surface area contributed by atoms with Crippen LogP contribution < -0.4 is 19.7 Å². The number of nitrogens with zero attached hydrogens (tertiary/aromatic N) is 2. The van der Waals surface area contributed by atoms with E-state index in [2.05, 4.69) is 10.1 Å². The molecule has 0 spiro atoms. The Morgan fingerprint density at radius 2 is 1.94 bits per heavy atom. The van der Waals surface area contributed by atoms with Gasteiger partial charge in [0.2, 0.25) is 11.8 Å². The fourth-order valence-corrected chi connectivity index (χ4v) is 4.75. The molecular formula is C25H27F2N3O5. The fraction of sp³-hybridized carbons (Fsp3) is 0.400. The van der Waals surface area contributed by atoms with Crippen LogP contribution >= 0.6 is 0 Å². The maximum atomic E-state index is 13.2. The number of para-hydroxylation sites is 1. The van der Waals surface area contributed by atoms with Crippen molar-refractivity contribution in [2.45, 2.75) is 44.9 Å². The number of hydrogen-bond donors (Lipinski definition) is 1. The Hall–Kier alpha value is -3.69. The van der Waals surface area contributed by atoms with Gasteiger partial charge in [-0.2, -0.15) is 8.78 Å². The van der Waals surface area contributed by atoms with Gasteiger partial charge in [0.1, 0.15) is 5.66 Å². The molecule has 3 amide bonds. The number of ether oxygens (including phenoxy) is 2. The monoisotopic (exact) mass is 487 g/mol. The Morgan fingerprint density at radius 3 is 2.69 bits per heavy atom. The Balaban J connectivity index is 1.35. The SMILES string of the molecule is COc1cc(CCNC(=O)CCN2C(=O)c3ccccc3N3C(=O)CC[C@@]23C)ccc1OC(F)F. The molecule has 8 nitrogen and oxygen atoms in total. The molecule has 2 aromatic rings. The number of nitrogens with one attached hydrogen (secondary N) is 1. The molecule has 2 heterocycles. The van der Waals surface area contributed by atoms with Crippen molar-refractivity contribution in [1.82, 2.24) is 10.2 Å². The number of halogens is 2. The van der Waals surface area contributed by atoms with Gasteiger partial charge in [-0.15, -0.1) is 0 Å². The van der Waals surface area contributed by atoms with Crippen LogP contribution in [-0.4, -0.2) is 55.1 Å². The van der Waals surface area contributed by atoms with E-state index in [9.17, 15) is 23.2 Å². The minimum absolute atomic E-state index is 0.0395. The van der Waals surface area contributed by atoms with Gasteiger partial charge < -0.3 is 19.7 Å². The van der Waals surface area contributed by atoms with Crippen LogP contribution in [-0.2, 0) is 16.0 Å². The first-order valence-corrected chi connectivity index (χ1v) is 11.4. The van der Waals surface area contributed by atoms with Crippen molar-refractivity contribution in [3.05, 3.63) is 53.6 Å². The van der Waals surface area contributed by atoms with Gasteiger partial charge in [0.05, 0.1) is 18.4 Å². The highest BCUT2D eigenvalue weighted by Gasteiger charge is 2.52. The van der Waals surface area contributed by atoms with Gasteiger partial charge in [-0.1, -0.05) is 18.2 Å². The topological polar surface area (TPSA) is 88.2 Å². The average molecular weight is 488 g/mol. The third kappa shape index (κ3) is 4.78. The van der Waals surface area contributed by atoms with Gasteiger partial charge in [0.25, 0.3) is 5.91 Å². The second-order valence-electron chi connectivity index (χ2n) is 8.63. The summed E-state index contributed by atoms with van der Waals surface area (Å²) in [5.74, 6) is -0.346. The van der Waals surface area contributed by atoms with Gasteiger partial charge in [-0.05, 0) is 49.6 Å². The van der Waals surface area contributed by atoms with Crippen molar-refractivity contribution in [3.63, 3.8) is 0 Å². The molecule has 2 aromatic carbocycles. The van der Waals surface area contributed by atoms with E-state index in [0.717, 1.165) is 5.56 Å². The molecule has 0 saturated carbocycles. The molecule has 4 rings (SSSR count). The van der Waals surface area contributed by atoms with Gasteiger partial charge in [-0.3, -0.25) is 19.3 Å². The molecule has 1 atom stereocenters. The van der Waals surface area contributed by atoms with Crippen LogP contribution in [0.25, 0.3) is 0 Å². The number of fused-ring (bicyclic) bond motifs is 3. The first kappa shape index (κ1) is 24.4. The van der Waals surface area contributed by atoms with Crippen molar-refractivity contribution in [3.8, 4) is 11.5 Å². The summed E-state index contributed by atoms with van der Waals surface area (Å²) in [7, 11) is 1.36. The van der Waals surface area contributed by atoms with E-state index in [0.29, 0.717) is 37.1 Å². The number of anilines is 1. The first-order chi connectivity index (χ1) is 16.7.